The molecule has 32 heavy (non-hydrogen) atoms. The van der Waals surface area contributed by atoms with Crippen LogP contribution in [0, 0.1) is 12.7 Å². The number of thioether (sulfide) groups is 1. The second-order valence-electron chi connectivity index (χ2n) is 8.47. The molecule has 0 saturated heterocycles. The van der Waals surface area contributed by atoms with E-state index in [9.17, 15) is 14.0 Å². The van der Waals surface area contributed by atoms with Crippen LogP contribution in [0.15, 0.2) is 53.4 Å². The Morgan fingerprint density at radius 3 is 2.38 bits per heavy atom. The minimum atomic E-state index is -0.530. The van der Waals surface area contributed by atoms with E-state index in [0.717, 1.165) is 36.1 Å². The predicted octanol–water partition coefficient (Wildman–Crippen LogP) is 5.48. The molecule has 0 aliphatic heterocycles. The van der Waals surface area contributed by atoms with Crippen molar-refractivity contribution in [2.45, 2.75) is 75.9 Å². The quantitative estimate of drug-likeness (QED) is 0.482. The lowest BCUT2D eigenvalue weighted by Gasteiger charge is -2.31. The van der Waals surface area contributed by atoms with Gasteiger partial charge in [0.05, 0.1) is 0 Å². The van der Waals surface area contributed by atoms with E-state index in [-0.39, 0.29) is 23.7 Å². The van der Waals surface area contributed by atoms with Gasteiger partial charge in [-0.05, 0) is 56.0 Å². The zero-order chi connectivity index (χ0) is 22.9. The summed E-state index contributed by atoms with van der Waals surface area (Å²) in [5, 5.41) is 3.15. The number of nitrogens with one attached hydrogen (secondary N) is 1. The maximum atomic E-state index is 13.4. The van der Waals surface area contributed by atoms with E-state index in [4.69, 9.17) is 0 Å². The van der Waals surface area contributed by atoms with Gasteiger partial charge in [-0.3, -0.25) is 9.59 Å². The molecule has 0 spiro atoms. The van der Waals surface area contributed by atoms with Gasteiger partial charge in [0, 0.05) is 29.7 Å². The molecule has 1 N–H and O–H groups in total. The fourth-order valence-electron chi connectivity index (χ4n) is 4.11. The van der Waals surface area contributed by atoms with Crippen molar-refractivity contribution in [3.05, 3.63) is 65.5 Å². The van der Waals surface area contributed by atoms with E-state index in [1.54, 1.807) is 28.8 Å². The summed E-state index contributed by atoms with van der Waals surface area (Å²) in [5.41, 5.74) is 2.02. The summed E-state index contributed by atoms with van der Waals surface area (Å²) in [5.74, 6) is 0.193. The summed E-state index contributed by atoms with van der Waals surface area (Å²) in [7, 11) is 0. The van der Waals surface area contributed by atoms with Crippen LogP contribution in [-0.2, 0) is 16.1 Å². The Morgan fingerprint density at radius 1 is 1.09 bits per heavy atom. The number of aryl methyl sites for hydroxylation is 1. The number of hydrogen-bond donors (Lipinski definition) is 1. The molecule has 1 fully saturated rings. The average molecular weight is 457 g/mol. The van der Waals surface area contributed by atoms with Gasteiger partial charge in [-0.25, -0.2) is 4.39 Å². The van der Waals surface area contributed by atoms with Crippen LogP contribution in [-0.4, -0.2) is 34.6 Å². The van der Waals surface area contributed by atoms with Crippen molar-refractivity contribution in [1.29, 1.82) is 0 Å². The minimum absolute atomic E-state index is 0.0534. The smallest absolute Gasteiger partial charge is 0.243 e. The van der Waals surface area contributed by atoms with Crippen molar-refractivity contribution in [2.75, 3.05) is 5.75 Å². The first kappa shape index (κ1) is 24.3. The molecular formula is C26H33FN2O2S. The van der Waals surface area contributed by atoms with Crippen molar-refractivity contribution in [3.8, 4) is 0 Å². The molecule has 2 amide bonds. The van der Waals surface area contributed by atoms with Crippen molar-refractivity contribution < 1.29 is 14.0 Å². The highest BCUT2D eigenvalue weighted by atomic mass is 32.2. The Labute approximate surface area is 195 Å². The van der Waals surface area contributed by atoms with E-state index in [2.05, 4.69) is 29.6 Å². The molecule has 1 aliphatic carbocycles. The van der Waals surface area contributed by atoms with Crippen LogP contribution >= 0.6 is 11.8 Å². The number of benzene rings is 2. The third-order valence-electron chi connectivity index (χ3n) is 5.96. The second kappa shape index (κ2) is 12.0. The molecule has 1 aliphatic rings. The van der Waals surface area contributed by atoms with Gasteiger partial charge in [-0.2, -0.15) is 0 Å². The van der Waals surface area contributed by atoms with Crippen molar-refractivity contribution in [2.24, 2.45) is 0 Å². The molecular weight excluding hydrogens is 423 g/mol. The minimum Gasteiger partial charge on any atom is -0.352 e. The fraction of sp³-hybridized carbons (Fsp3) is 0.462. The van der Waals surface area contributed by atoms with E-state index < -0.39 is 6.04 Å². The van der Waals surface area contributed by atoms with Gasteiger partial charge in [-0.15, -0.1) is 11.8 Å². The van der Waals surface area contributed by atoms with E-state index >= 15 is 0 Å². The Morgan fingerprint density at radius 2 is 1.75 bits per heavy atom. The third-order valence-corrected chi connectivity index (χ3v) is 6.97. The lowest BCUT2D eigenvalue weighted by molar-refractivity contribution is -0.141. The van der Waals surface area contributed by atoms with E-state index in [0.29, 0.717) is 25.1 Å². The zero-order valence-corrected chi connectivity index (χ0v) is 19.8. The lowest BCUT2D eigenvalue weighted by Crippen LogP contribution is -2.51. The van der Waals surface area contributed by atoms with Crippen molar-refractivity contribution in [1.82, 2.24) is 10.2 Å². The highest BCUT2D eigenvalue weighted by Crippen LogP contribution is 2.22. The van der Waals surface area contributed by atoms with Crippen LogP contribution in [0.1, 0.15) is 56.6 Å². The van der Waals surface area contributed by atoms with Gasteiger partial charge in [0.15, 0.2) is 0 Å². The molecule has 2 aromatic carbocycles. The standard InChI is InChI=1S/C26H33FN2O2S/c1-3-24(26(31)28-22-6-4-5-7-22)29(18-20-10-12-21(27)13-11-20)25(30)16-17-32-23-14-8-19(2)9-15-23/h8-15,22,24H,3-7,16-18H2,1-2H3,(H,28,31)/t24-/m0/s1. The van der Waals surface area contributed by atoms with Gasteiger partial charge in [-0.1, -0.05) is 49.6 Å². The molecule has 4 nitrogen and oxygen atoms in total. The normalized spacial score (nSPS) is 14.8. The number of hydrogen-bond acceptors (Lipinski definition) is 3. The van der Waals surface area contributed by atoms with Crippen LogP contribution < -0.4 is 5.32 Å². The van der Waals surface area contributed by atoms with Crippen LogP contribution in [0.2, 0.25) is 0 Å². The molecule has 172 valence electrons. The highest BCUT2D eigenvalue weighted by molar-refractivity contribution is 7.99. The molecule has 0 unspecified atom stereocenters. The number of nitrogens with zero attached hydrogens (tertiary/aromatic N) is 1. The summed E-state index contributed by atoms with van der Waals surface area (Å²) in [4.78, 5) is 29.1. The molecule has 3 rings (SSSR count). The number of carbonyl (C=O) groups is 2. The second-order valence-corrected chi connectivity index (χ2v) is 9.64. The molecule has 1 saturated carbocycles. The summed E-state index contributed by atoms with van der Waals surface area (Å²) in [6.45, 7) is 4.28. The van der Waals surface area contributed by atoms with Crippen molar-refractivity contribution in [3.63, 3.8) is 0 Å². The Hall–Kier alpha value is -2.34. The Balaban J connectivity index is 1.68. The van der Waals surface area contributed by atoms with Gasteiger partial charge >= 0.3 is 0 Å². The molecule has 1 atom stereocenters. The largest absolute Gasteiger partial charge is 0.352 e. The van der Waals surface area contributed by atoms with Gasteiger partial charge in [0.1, 0.15) is 11.9 Å². The first-order valence-corrected chi connectivity index (χ1v) is 12.5. The molecule has 6 heteroatoms. The maximum absolute atomic E-state index is 13.4. The van der Waals surface area contributed by atoms with Gasteiger partial charge in [0.2, 0.25) is 11.8 Å². The van der Waals surface area contributed by atoms with Gasteiger partial charge in [0.25, 0.3) is 0 Å². The fourth-order valence-corrected chi connectivity index (χ4v) is 4.95. The first-order chi connectivity index (χ1) is 15.5. The lowest BCUT2D eigenvalue weighted by atomic mass is 10.1. The molecule has 2 aromatic rings. The molecule has 0 bridgehead atoms. The van der Waals surface area contributed by atoms with Crippen LogP contribution in [0.3, 0.4) is 0 Å². The average Bonchev–Trinajstić information content (AvgIpc) is 3.29. The van der Waals surface area contributed by atoms with Gasteiger partial charge < -0.3 is 10.2 Å². The number of amides is 2. The number of carbonyl (C=O) groups excluding carboxylic acids is 2. The van der Waals surface area contributed by atoms with Crippen LogP contribution in [0.5, 0.6) is 0 Å². The number of rotatable bonds is 10. The highest BCUT2D eigenvalue weighted by Gasteiger charge is 2.30. The number of halogens is 1. The summed E-state index contributed by atoms with van der Waals surface area (Å²) in [6, 6.07) is 14.1. The zero-order valence-electron chi connectivity index (χ0n) is 19.0. The molecule has 0 radical (unpaired) electrons. The summed E-state index contributed by atoms with van der Waals surface area (Å²) >= 11 is 1.64. The Kier molecular flexibility index (Phi) is 9.15. The Bertz CT molecular complexity index is 880. The third kappa shape index (κ3) is 7.09. The first-order valence-electron chi connectivity index (χ1n) is 11.5. The summed E-state index contributed by atoms with van der Waals surface area (Å²) in [6.07, 6.45) is 5.15. The predicted molar refractivity (Wildman–Crippen MR) is 128 cm³/mol. The topological polar surface area (TPSA) is 49.4 Å². The molecule has 0 heterocycles. The molecule has 0 aromatic heterocycles. The summed E-state index contributed by atoms with van der Waals surface area (Å²) < 4.78 is 13.4. The SMILES string of the molecule is CC[C@@H](C(=O)NC1CCCC1)N(Cc1ccc(F)cc1)C(=O)CCSc1ccc(C)cc1. The van der Waals surface area contributed by atoms with E-state index in [1.807, 2.05) is 13.8 Å². The van der Waals surface area contributed by atoms with Crippen molar-refractivity contribution >= 4 is 23.6 Å². The van der Waals surface area contributed by atoms with E-state index in [1.165, 1.54) is 17.7 Å². The monoisotopic (exact) mass is 456 g/mol. The van der Waals surface area contributed by atoms with Crippen LogP contribution in [0.25, 0.3) is 0 Å². The maximum Gasteiger partial charge on any atom is 0.243 e. The van der Waals surface area contributed by atoms with Crippen LogP contribution in [0.4, 0.5) is 4.39 Å².